The maximum absolute atomic E-state index is 10.4. The largest absolute Gasteiger partial charge is 0.462 e. The van der Waals surface area contributed by atoms with Crippen LogP contribution >= 0.6 is 12.2 Å². The van der Waals surface area contributed by atoms with Gasteiger partial charge in [-0.1, -0.05) is 18.3 Å². The molecule has 2 nitrogen and oxygen atoms in total. The third-order valence-electron chi connectivity index (χ3n) is 0.893. The van der Waals surface area contributed by atoms with E-state index < -0.39 is 5.97 Å². The van der Waals surface area contributed by atoms with Gasteiger partial charge in [0.15, 0.2) is 0 Å². The highest BCUT2D eigenvalue weighted by Gasteiger charge is 1.93. The van der Waals surface area contributed by atoms with Crippen molar-refractivity contribution in [1.29, 1.82) is 0 Å². The number of esters is 1. The van der Waals surface area contributed by atoms with Crippen LogP contribution in [-0.2, 0) is 9.53 Å². The summed E-state index contributed by atoms with van der Waals surface area (Å²) in [6, 6.07) is 0. The Balaban J connectivity index is 3.11. The van der Waals surface area contributed by atoms with Crippen LogP contribution in [0, 0.1) is 0 Å². The van der Waals surface area contributed by atoms with Crippen molar-refractivity contribution in [3.8, 4) is 0 Å². The second kappa shape index (κ2) is 6.42. The Bertz CT molecular complexity index is 132. The van der Waals surface area contributed by atoms with Crippen LogP contribution in [0.25, 0.3) is 0 Å². The van der Waals surface area contributed by atoms with Crippen LogP contribution in [0.3, 0.4) is 0 Å². The predicted molar refractivity (Wildman–Crippen MR) is 44.0 cm³/mol. The van der Waals surface area contributed by atoms with Gasteiger partial charge in [0, 0.05) is 0 Å². The molecule has 0 unspecified atom stereocenters. The van der Waals surface area contributed by atoms with Gasteiger partial charge in [-0.15, -0.1) is 6.58 Å². The topological polar surface area (TPSA) is 26.3 Å². The lowest BCUT2D eigenvalue weighted by atomic mass is 10.3. The Labute approximate surface area is 65.9 Å². The van der Waals surface area contributed by atoms with E-state index in [0.717, 1.165) is 18.2 Å². The third kappa shape index (κ3) is 5.44. The molecule has 0 aliphatic rings. The Morgan fingerprint density at radius 1 is 1.70 bits per heavy atom. The molecule has 0 fully saturated rings. The zero-order valence-electron chi connectivity index (χ0n) is 5.71. The summed E-state index contributed by atoms with van der Waals surface area (Å²) in [5.74, 6) is -0.431. The van der Waals surface area contributed by atoms with Crippen LogP contribution in [-0.4, -0.2) is 17.9 Å². The zero-order valence-corrected chi connectivity index (χ0v) is 6.52. The number of rotatable bonds is 5. The van der Waals surface area contributed by atoms with Crippen LogP contribution in [0.2, 0.25) is 0 Å². The molecule has 56 valence electrons. The van der Waals surface area contributed by atoms with Crippen molar-refractivity contribution in [3.05, 3.63) is 12.7 Å². The molecular weight excluding hydrogens is 148 g/mol. The maximum Gasteiger partial charge on any atom is 0.341 e. The van der Waals surface area contributed by atoms with E-state index in [1.807, 2.05) is 0 Å². The van der Waals surface area contributed by atoms with Gasteiger partial charge in [-0.05, 0) is 12.8 Å². The van der Waals surface area contributed by atoms with E-state index in [4.69, 9.17) is 0 Å². The lowest BCUT2D eigenvalue weighted by Crippen LogP contribution is -2.04. The number of ether oxygens (including phenoxy) is 1. The average molecular weight is 158 g/mol. The Morgan fingerprint density at radius 3 is 2.90 bits per heavy atom. The lowest BCUT2D eigenvalue weighted by molar-refractivity contribution is -0.134. The third-order valence-corrected chi connectivity index (χ3v) is 1.09. The van der Waals surface area contributed by atoms with E-state index in [9.17, 15) is 4.79 Å². The van der Waals surface area contributed by atoms with Crippen LogP contribution in [0.5, 0.6) is 0 Å². The van der Waals surface area contributed by atoms with Crippen molar-refractivity contribution in [2.45, 2.75) is 12.8 Å². The summed E-state index contributed by atoms with van der Waals surface area (Å²) in [6.07, 6.45) is 3.47. The second-order valence-corrected chi connectivity index (χ2v) is 1.95. The summed E-state index contributed by atoms with van der Waals surface area (Å²) in [6.45, 7) is 3.96. The van der Waals surface area contributed by atoms with Crippen molar-refractivity contribution < 1.29 is 9.53 Å². The molecule has 0 aromatic heterocycles. The van der Waals surface area contributed by atoms with Crippen molar-refractivity contribution in [2.75, 3.05) is 6.61 Å². The molecule has 0 aromatic rings. The highest BCUT2D eigenvalue weighted by Crippen LogP contribution is 1.89. The summed E-state index contributed by atoms with van der Waals surface area (Å²) in [4.78, 5) is 10.4. The minimum absolute atomic E-state index is 0.429. The number of carbonyl (C=O) groups excluding carboxylic acids is 1. The molecule has 0 radical (unpaired) electrons. The predicted octanol–water partition coefficient (Wildman–Crippen LogP) is 1.50. The van der Waals surface area contributed by atoms with Gasteiger partial charge in [0.05, 0.1) is 12.0 Å². The first-order valence-corrected chi connectivity index (χ1v) is 3.51. The van der Waals surface area contributed by atoms with Crippen LogP contribution in [0.15, 0.2) is 12.7 Å². The molecule has 0 aliphatic heterocycles. The minimum Gasteiger partial charge on any atom is -0.462 e. The monoisotopic (exact) mass is 158 g/mol. The molecule has 0 N–H and O–H groups in total. The summed E-state index contributed by atoms with van der Waals surface area (Å²) in [5, 5.41) is 0.994. The van der Waals surface area contributed by atoms with E-state index >= 15 is 0 Å². The molecule has 0 bridgehead atoms. The fourth-order valence-electron chi connectivity index (χ4n) is 0.434. The number of hydrogen-bond donors (Lipinski definition) is 0. The van der Waals surface area contributed by atoms with Gasteiger partial charge in [0.25, 0.3) is 0 Å². The molecule has 10 heavy (non-hydrogen) atoms. The highest BCUT2D eigenvalue weighted by molar-refractivity contribution is 7.80. The molecule has 3 heteroatoms. The van der Waals surface area contributed by atoms with E-state index in [-0.39, 0.29) is 0 Å². The van der Waals surface area contributed by atoms with Crippen LogP contribution in [0.4, 0.5) is 0 Å². The number of hydrogen-bond acceptors (Lipinski definition) is 3. The first kappa shape index (κ1) is 9.30. The molecular formula is C7H10O2S. The molecule has 0 rings (SSSR count). The molecule has 0 saturated heterocycles. The normalized spacial score (nSPS) is 8.40. The first-order chi connectivity index (χ1) is 4.81. The van der Waals surface area contributed by atoms with E-state index in [1.165, 1.54) is 0 Å². The molecule has 0 saturated carbocycles. The number of allylic oxidation sites excluding steroid dienone is 1. The minimum atomic E-state index is -0.431. The Hall–Kier alpha value is -0.700. The first-order valence-electron chi connectivity index (χ1n) is 3.04. The number of unbranched alkanes of at least 4 members (excludes halogenated alkanes) is 1. The van der Waals surface area contributed by atoms with Gasteiger partial charge in [0.2, 0.25) is 0 Å². The van der Waals surface area contributed by atoms with Gasteiger partial charge < -0.3 is 4.74 Å². The summed E-state index contributed by atoms with van der Waals surface area (Å²) < 4.78 is 4.65. The SMILES string of the molecule is C=CCCCOC(=O)C=S. The Kier molecular flexibility index (Phi) is 5.97. The van der Waals surface area contributed by atoms with Crippen molar-refractivity contribution in [2.24, 2.45) is 0 Å². The van der Waals surface area contributed by atoms with Gasteiger partial charge in [-0.25, -0.2) is 4.79 Å². The summed E-state index contributed by atoms with van der Waals surface area (Å²) in [5.41, 5.74) is 0. The number of thiocarbonyl (C=S) groups is 1. The molecule has 0 amide bonds. The summed E-state index contributed by atoms with van der Waals surface area (Å²) in [7, 11) is 0. The Morgan fingerprint density at radius 2 is 2.40 bits per heavy atom. The van der Waals surface area contributed by atoms with E-state index in [2.05, 4.69) is 23.5 Å². The smallest absolute Gasteiger partial charge is 0.341 e. The molecule has 0 aromatic carbocycles. The van der Waals surface area contributed by atoms with Crippen molar-refractivity contribution in [3.63, 3.8) is 0 Å². The fourth-order valence-corrected chi connectivity index (χ4v) is 0.502. The van der Waals surface area contributed by atoms with Gasteiger partial charge in [-0.3, -0.25) is 0 Å². The summed E-state index contributed by atoms with van der Waals surface area (Å²) >= 11 is 4.33. The number of carbonyl (C=O) groups is 1. The maximum atomic E-state index is 10.4. The van der Waals surface area contributed by atoms with Crippen LogP contribution in [0.1, 0.15) is 12.8 Å². The molecule has 0 atom stereocenters. The second-order valence-electron chi connectivity index (χ2n) is 1.72. The zero-order chi connectivity index (χ0) is 7.82. The van der Waals surface area contributed by atoms with Crippen molar-refractivity contribution >= 4 is 23.6 Å². The highest BCUT2D eigenvalue weighted by atomic mass is 32.1. The van der Waals surface area contributed by atoms with Gasteiger partial charge in [-0.2, -0.15) is 0 Å². The van der Waals surface area contributed by atoms with Gasteiger partial charge >= 0.3 is 5.97 Å². The standard InChI is InChI=1S/C7H10O2S/c1-2-3-4-5-9-7(8)6-10/h2,6H,1,3-5H2. The van der Waals surface area contributed by atoms with Gasteiger partial charge in [0.1, 0.15) is 0 Å². The van der Waals surface area contributed by atoms with E-state index in [1.54, 1.807) is 6.08 Å². The van der Waals surface area contributed by atoms with Crippen molar-refractivity contribution in [1.82, 2.24) is 0 Å². The molecule has 0 spiro atoms. The van der Waals surface area contributed by atoms with E-state index in [0.29, 0.717) is 6.61 Å². The average Bonchev–Trinajstić information content (AvgIpc) is 1.98. The quantitative estimate of drug-likeness (QED) is 0.262. The van der Waals surface area contributed by atoms with Crippen LogP contribution < -0.4 is 0 Å². The fraction of sp³-hybridized carbons (Fsp3) is 0.429. The lowest BCUT2D eigenvalue weighted by Gasteiger charge is -1.97. The molecule has 0 aliphatic carbocycles. The molecule has 0 heterocycles.